The van der Waals surface area contributed by atoms with E-state index in [1.165, 1.54) is 36.6 Å². The Kier molecular flexibility index (Phi) is 3.71. The molecule has 0 fully saturated rings. The average molecular weight is 279 g/mol. The van der Waals surface area contributed by atoms with E-state index in [-0.39, 0.29) is 17.0 Å². The molecular formula is C11H9N3O4S. The second-order valence-electron chi connectivity index (χ2n) is 3.44. The molecular weight excluding hydrogens is 270 g/mol. The molecule has 0 atom stereocenters. The molecule has 7 nitrogen and oxygen atoms in total. The van der Waals surface area contributed by atoms with Crippen LogP contribution in [0.5, 0.6) is 5.75 Å². The van der Waals surface area contributed by atoms with E-state index in [0.29, 0.717) is 5.13 Å². The Morgan fingerprint density at radius 1 is 1.53 bits per heavy atom. The van der Waals surface area contributed by atoms with Gasteiger partial charge in [0, 0.05) is 29.3 Å². The standard InChI is InChI=1S/C11H9N3O4S/c1-18-9-6-7(2-3-8(9)14(16)17)10(15)13-11-12-4-5-19-11/h2-6H,1H3,(H,12,13,15). The number of methoxy groups -OCH3 is 1. The third-order valence-corrected chi connectivity index (χ3v) is 2.98. The number of hydrogen-bond acceptors (Lipinski definition) is 6. The van der Waals surface area contributed by atoms with Crippen LogP contribution in [0.15, 0.2) is 29.8 Å². The molecule has 2 rings (SSSR count). The predicted molar refractivity (Wildman–Crippen MR) is 69.7 cm³/mol. The first kappa shape index (κ1) is 13.0. The number of carbonyl (C=O) groups is 1. The molecule has 0 aliphatic heterocycles. The average Bonchev–Trinajstić information content (AvgIpc) is 2.90. The lowest BCUT2D eigenvalue weighted by molar-refractivity contribution is -0.385. The van der Waals surface area contributed by atoms with Crippen molar-refractivity contribution >= 4 is 28.1 Å². The van der Waals surface area contributed by atoms with Gasteiger partial charge in [0.1, 0.15) is 0 Å². The van der Waals surface area contributed by atoms with Crippen molar-refractivity contribution in [2.75, 3.05) is 12.4 Å². The summed E-state index contributed by atoms with van der Waals surface area (Å²) in [6, 6.07) is 3.92. The highest BCUT2D eigenvalue weighted by Gasteiger charge is 2.17. The number of aromatic nitrogens is 1. The van der Waals surface area contributed by atoms with Crippen molar-refractivity contribution in [3.05, 3.63) is 45.5 Å². The Morgan fingerprint density at radius 3 is 2.89 bits per heavy atom. The van der Waals surface area contributed by atoms with Gasteiger partial charge in [0.2, 0.25) is 0 Å². The second kappa shape index (κ2) is 5.44. The molecule has 0 bridgehead atoms. The van der Waals surface area contributed by atoms with Gasteiger partial charge in [0.25, 0.3) is 5.91 Å². The van der Waals surface area contributed by atoms with Crippen molar-refractivity contribution in [2.24, 2.45) is 0 Å². The molecule has 1 aromatic heterocycles. The summed E-state index contributed by atoms with van der Waals surface area (Å²) in [6.45, 7) is 0. The van der Waals surface area contributed by atoms with E-state index in [2.05, 4.69) is 10.3 Å². The lowest BCUT2D eigenvalue weighted by Gasteiger charge is -2.05. The van der Waals surface area contributed by atoms with E-state index in [4.69, 9.17) is 4.74 Å². The number of anilines is 1. The lowest BCUT2D eigenvalue weighted by atomic mass is 10.2. The lowest BCUT2D eigenvalue weighted by Crippen LogP contribution is -2.12. The Bertz CT molecular complexity index is 612. The third-order valence-electron chi connectivity index (χ3n) is 2.29. The predicted octanol–water partition coefficient (Wildman–Crippen LogP) is 2.31. The monoisotopic (exact) mass is 279 g/mol. The molecule has 0 unspecified atom stereocenters. The minimum absolute atomic E-state index is 0.0387. The third kappa shape index (κ3) is 2.86. The number of ether oxygens (including phenoxy) is 1. The van der Waals surface area contributed by atoms with Crippen molar-refractivity contribution in [1.82, 2.24) is 4.98 Å². The van der Waals surface area contributed by atoms with Gasteiger partial charge in [-0.05, 0) is 6.07 Å². The number of nitro groups is 1. The fourth-order valence-electron chi connectivity index (χ4n) is 1.42. The number of nitrogens with zero attached hydrogens (tertiary/aromatic N) is 2. The number of hydrogen-bond donors (Lipinski definition) is 1. The zero-order valence-electron chi connectivity index (χ0n) is 9.82. The summed E-state index contributed by atoms with van der Waals surface area (Å²) in [7, 11) is 1.31. The van der Waals surface area contributed by atoms with Gasteiger partial charge in [-0.1, -0.05) is 0 Å². The molecule has 0 aliphatic rings. The summed E-state index contributed by atoms with van der Waals surface area (Å²) in [4.78, 5) is 26.0. The molecule has 1 amide bonds. The van der Waals surface area contributed by atoms with Crippen molar-refractivity contribution in [2.45, 2.75) is 0 Å². The summed E-state index contributed by atoms with van der Waals surface area (Å²) in [6.07, 6.45) is 1.57. The molecule has 0 radical (unpaired) electrons. The fraction of sp³-hybridized carbons (Fsp3) is 0.0909. The Labute approximate surface area is 112 Å². The van der Waals surface area contributed by atoms with Crippen molar-refractivity contribution in [3.8, 4) is 5.75 Å². The van der Waals surface area contributed by atoms with Crippen molar-refractivity contribution in [3.63, 3.8) is 0 Å². The highest BCUT2D eigenvalue weighted by atomic mass is 32.1. The van der Waals surface area contributed by atoms with E-state index in [0.717, 1.165) is 0 Å². The molecule has 8 heteroatoms. The quantitative estimate of drug-likeness (QED) is 0.684. The van der Waals surface area contributed by atoms with Gasteiger partial charge < -0.3 is 4.74 Å². The van der Waals surface area contributed by atoms with Gasteiger partial charge in [0.05, 0.1) is 12.0 Å². The Hall–Kier alpha value is -2.48. The van der Waals surface area contributed by atoms with Crippen LogP contribution in [-0.4, -0.2) is 22.9 Å². The van der Waals surface area contributed by atoms with Crippen molar-refractivity contribution in [1.29, 1.82) is 0 Å². The van der Waals surface area contributed by atoms with Gasteiger partial charge >= 0.3 is 5.69 Å². The largest absolute Gasteiger partial charge is 0.490 e. The summed E-state index contributed by atoms with van der Waals surface area (Å²) in [5.41, 5.74) is 0.0750. The van der Waals surface area contributed by atoms with Gasteiger partial charge in [-0.3, -0.25) is 20.2 Å². The van der Waals surface area contributed by atoms with Crippen LogP contribution in [0.1, 0.15) is 10.4 Å². The first-order valence-corrected chi connectivity index (χ1v) is 6.03. The van der Waals surface area contributed by atoms with Crippen LogP contribution in [0, 0.1) is 10.1 Å². The van der Waals surface area contributed by atoms with Crippen LogP contribution in [0.3, 0.4) is 0 Å². The van der Waals surface area contributed by atoms with Crippen LogP contribution >= 0.6 is 11.3 Å². The van der Waals surface area contributed by atoms with Crippen LogP contribution in [0.2, 0.25) is 0 Å². The second-order valence-corrected chi connectivity index (χ2v) is 4.33. The van der Waals surface area contributed by atoms with Crippen LogP contribution in [0.25, 0.3) is 0 Å². The number of benzene rings is 1. The number of rotatable bonds is 4. The maximum Gasteiger partial charge on any atom is 0.310 e. The van der Waals surface area contributed by atoms with E-state index in [9.17, 15) is 14.9 Å². The SMILES string of the molecule is COc1cc(C(=O)Nc2nccs2)ccc1[N+](=O)[O-]. The first-order chi connectivity index (χ1) is 9.11. The van der Waals surface area contributed by atoms with E-state index < -0.39 is 10.8 Å². The summed E-state index contributed by atoms with van der Waals surface area (Å²) < 4.78 is 4.90. The van der Waals surface area contributed by atoms with Crippen molar-refractivity contribution < 1.29 is 14.5 Å². The van der Waals surface area contributed by atoms with E-state index >= 15 is 0 Å². The van der Waals surface area contributed by atoms with Gasteiger partial charge in [-0.25, -0.2) is 4.98 Å². The van der Waals surface area contributed by atoms with Crippen LogP contribution in [0.4, 0.5) is 10.8 Å². The topological polar surface area (TPSA) is 94.4 Å². The molecule has 0 saturated heterocycles. The highest BCUT2D eigenvalue weighted by molar-refractivity contribution is 7.13. The molecule has 1 aromatic carbocycles. The fourth-order valence-corrected chi connectivity index (χ4v) is 1.95. The molecule has 2 aromatic rings. The number of nitrogens with one attached hydrogen (secondary N) is 1. The molecule has 0 spiro atoms. The smallest absolute Gasteiger partial charge is 0.310 e. The molecule has 1 N–H and O–H groups in total. The molecule has 0 saturated carbocycles. The minimum Gasteiger partial charge on any atom is -0.490 e. The summed E-state index contributed by atoms with van der Waals surface area (Å²) in [5, 5.41) is 15.5. The molecule has 0 aliphatic carbocycles. The zero-order chi connectivity index (χ0) is 13.8. The van der Waals surface area contributed by atoms with Crippen LogP contribution in [-0.2, 0) is 0 Å². The van der Waals surface area contributed by atoms with Crippen LogP contribution < -0.4 is 10.1 Å². The Morgan fingerprint density at radius 2 is 2.32 bits per heavy atom. The number of nitro benzene ring substituents is 1. The maximum atomic E-state index is 11.9. The zero-order valence-corrected chi connectivity index (χ0v) is 10.6. The molecule has 98 valence electrons. The normalized spacial score (nSPS) is 9.95. The van der Waals surface area contributed by atoms with Gasteiger partial charge in [-0.15, -0.1) is 11.3 Å². The van der Waals surface area contributed by atoms with Gasteiger partial charge in [-0.2, -0.15) is 0 Å². The van der Waals surface area contributed by atoms with E-state index in [1.807, 2.05) is 0 Å². The molecule has 1 heterocycles. The minimum atomic E-state index is -0.568. The summed E-state index contributed by atoms with van der Waals surface area (Å²) >= 11 is 1.28. The van der Waals surface area contributed by atoms with E-state index in [1.54, 1.807) is 11.6 Å². The Balaban J connectivity index is 2.25. The number of carbonyl (C=O) groups excluding carboxylic acids is 1. The maximum absolute atomic E-state index is 11.9. The first-order valence-electron chi connectivity index (χ1n) is 5.15. The summed E-state index contributed by atoms with van der Waals surface area (Å²) in [5.74, 6) is -0.361. The highest BCUT2D eigenvalue weighted by Crippen LogP contribution is 2.27. The molecule has 19 heavy (non-hydrogen) atoms. The number of thiazole rings is 1. The van der Waals surface area contributed by atoms with Gasteiger partial charge in [0.15, 0.2) is 10.9 Å². The number of amides is 1.